The Morgan fingerprint density at radius 1 is 1.11 bits per heavy atom. The molecular formula is C25H25F2N7O. The highest BCUT2D eigenvalue weighted by molar-refractivity contribution is 5.97. The third-order valence-electron chi connectivity index (χ3n) is 6.22. The lowest BCUT2D eigenvalue weighted by molar-refractivity contribution is -0.120. The molecule has 0 saturated carbocycles. The van der Waals surface area contributed by atoms with Gasteiger partial charge in [-0.3, -0.25) is 4.79 Å². The van der Waals surface area contributed by atoms with Crippen LogP contribution in [0.4, 0.5) is 14.5 Å². The molecule has 1 fully saturated rings. The van der Waals surface area contributed by atoms with Crippen LogP contribution in [0.15, 0.2) is 42.9 Å². The summed E-state index contributed by atoms with van der Waals surface area (Å²) in [6.07, 6.45) is 4.67. The van der Waals surface area contributed by atoms with E-state index in [0.717, 1.165) is 6.42 Å². The SMILES string of the molecule is CC(C)n1cnc2c(F)nc(-c3ccnc(Cc4ccc(N5CCCC(N)C5=O)cc4F)n3)cc21. The van der Waals surface area contributed by atoms with E-state index in [-0.39, 0.29) is 23.9 Å². The molecule has 0 aliphatic carbocycles. The molecule has 8 nitrogen and oxygen atoms in total. The van der Waals surface area contributed by atoms with Gasteiger partial charge in [0.1, 0.15) is 17.2 Å². The Kier molecular flexibility index (Phi) is 5.98. The Bertz CT molecular complexity index is 1420. The second-order valence-corrected chi connectivity index (χ2v) is 8.96. The summed E-state index contributed by atoms with van der Waals surface area (Å²) in [5.74, 6) is -0.972. The molecule has 1 unspecified atom stereocenters. The van der Waals surface area contributed by atoms with E-state index in [1.54, 1.807) is 36.8 Å². The fourth-order valence-electron chi connectivity index (χ4n) is 4.34. The summed E-state index contributed by atoms with van der Waals surface area (Å²) in [7, 11) is 0. The van der Waals surface area contributed by atoms with Gasteiger partial charge in [-0.2, -0.15) is 4.39 Å². The van der Waals surface area contributed by atoms with Gasteiger partial charge in [0, 0.05) is 30.9 Å². The number of anilines is 1. The predicted octanol–water partition coefficient (Wildman–Crippen LogP) is 3.79. The van der Waals surface area contributed by atoms with Gasteiger partial charge < -0.3 is 15.2 Å². The molecule has 1 aliphatic heterocycles. The van der Waals surface area contributed by atoms with E-state index in [0.29, 0.717) is 46.9 Å². The van der Waals surface area contributed by atoms with Crippen LogP contribution in [0.5, 0.6) is 0 Å². The van der Waals surface area contributed by atoms with Crippen molar-refractivity contribution >= 4 is 22.6 Å². The summed E-state index contributed by atoms with van der Waals surface area (Å²) in [4.78, 5) is 30.8. The minimum atomic E-state index is -0.675. The first-order valence-corrected chi connectivity index (χ1v) is 11.5. The lowest BCUT2D eigenvalue weighted by atomic mass is 10.0. The quantitative estimate of drug-likeness (QED) is 0.439. The van der Waals surface area contributed by atoms with Crippen molar-refractivity contribution in [3.8, 4) is 11.4 Å². The van der Waals surface area contributed by atoms with E-state index >= 15 is 0 Å². The van der Waals surface area contributed by atoms with Crippen LogP contribution in [-0.2, 0) is 11.2 Å². The van der Waals surface area contributed by atoms with Crippen molar-refractivity contribution < 1.29 is 13.6 Å². The number of nitrogens with zero attached hydrogens (tertiary/aromatic N) is 6. The van der Waals surface area contributed by atoms with Crippen molar-refractivity contribution in [2.45, 2.75) is 45.2 Å². The number of nitrogens with two attached hydrogens (primary N) is 1. The fraction of sp³-hybridized carbons (Fsp3) is 0.320. The summed E-state index contributed by atoms with van der Waals surface area (Å²) in [5.41, 5.74) is 8.32. The topological polar surface area (TPSA) is 103 Å². The monoisotopic (exact) mass is 477 g/mol. The van der Waals surface area contributed by atoms with Crippen molar-refractivity contribution in [2.75, 3.05) is 11.4 Å². The Morgan fingerprint density at radius 3 is 2.71 bits per heavy atom. The lowest BCUT2D eigenvalue weighted by Gasteiger charge is -2.30. The molecule has 0 radical (unpaired) electrons. The zero-order valence-corrected chi connectivity index (χ0v) is 19.4. The maximum Gasteiger partial charge on any atom is 0.243 e. The number of fused-ring (bicyclic) bond motifs is 1. The van der Waals surface area contributed by atoms with Crippen molar-refractivity contribution in [2.24, 2.45) is 5.73 Å². The number of carbonyl (C=O) groups excluding carboxylic acids is 1. The van der Waals surface area contributed by atoms with E-state index in [2.05, 4.69) is 19.9 Å². The van der Waals surface area contributed by atoms with Crippen LogP contribution >= 0.6 is 0 Å². The largest absolute Gasteiger partial charge is 0.328 e. The van der Waals surface area contributed by atoms with Crippen molar-refractivity contribution in [3.05, 3.63) is 66.0 Å². The van der Waals surface area contributed by atoms with E-state index in [4.69, 9.17) is 5.73 Å². The minimum absolute atomic E-state index is 0.0949. The van der Waals surface area contributed by atoms with Crippen LogP contribution in [0, 0.1) is 11.8 Å². The number of imidazole rings is 1. The van der Waals surface area contributed by atoms with Crippen molar-refractivity contribution in [1.29, 1.82) is 0 Å². The van der Waals surface area contributed by atoms with E-state index in [9.17, 15) is 13.6 Å². The third-order valence-corrected chi connectivity index (χ3v) is 6.22. The van der Waals surface area contributed by atoms with Gasteiger partial charge in [0.2, 0.25) is 11.9 Å². The number of piperidine rings is 1. The smallest absolute Gasteiger partial charge is 0.243 e. The Hall–Kier alpha value is -3.79. The zero-order valence-electron chi connectivity index (χ0n) is 19.4. The number of amides is 1. The predicted molar refractivity (Wildman–Crippen MR) is 128 cm³/mol. The summed E-state index contributed by atoms with van der Waals surface area (Å²) in [6, 6.07) is 7.59. The molecule has 1 aliphatic rings. The lowest BCUT2D eigenvalue weighted by Crippen LogP contribution is -2.48. The number of rotatable bonds is 5. The summed E-state index contributed by atoms with van der Waals surface area (Å²) in [6.45, 7) is 4.48. The standard InChI is InChI=1S/C25H25F2N7O/c1-14(2)34-13-30-23-21(34)12-20(32-24(23)27)19-7-8-29-22(31-19)10-15-5-6-16(11-17(15)26)33-9-3-4-18(28)25(33)35/h5-8,11-14,18H,3-4,9-10,28H2,1-2H3. The van der Waals surface area contributed by atoms with E-state index < -0.39 is 17.8 Å². The molecule has 10 heteroatoms. The van der Waals surface area contributed by atoms with Gasteiger partial charge in [-0.1, -0.05) is 6.07 Å². The normalized spacial score (nSPS) is 16.5. The molecule has 2 N–H and O–H groups in total. The van der Waals surface area contributed by atoms with E-state index in [1.807, 2.05) is 18.4 Å². The first kappa shape index (κ1) is 23.0. The summed E-state index contributed by atoms with van der Waals surface area (Å²) in [5, 5.41) is 0. The molecule has 4 heterocycles. The van der Waals surface area contributed by atoms with E-state index in [1.165, 1.54) is 11.0 Å². The number of hydrogen-bond donors (Lipinski definition) is 1. The summed E-state index contributed by atoms with van der Waals surface area (Å²) >= 11 is 0. The molecule has 5 rings (SSSR count). The Morgan fingerprint density at radius 2 is 1.94 bits per heavy atom. The number of pyridine rings is 1. The van der Waals surface area contributed by atoms with Crippen LogP contribution < -0.4 is 10.6 Å². The fourth-order valence-corrected chi connectivity index (χ4v) is 4.34. The number of aromatic nitrogens is 5. The van der Waals surface area contributed by atoms with Gasteiger partial charge in [-0.05, 0) is 56.5 Å². The minimum Gasteiger partial charge on any atom is -0.328 e. The molecule has 180 valence electrons. The number of carbonyl (C=O) groups is 1. The van der Waals surface area contributed by atoms with Crippen LogP contribution in [0.2, 0.25) is 0 Å². The van der Waals surface area contributed by atoms with Gasteiger partial charge in [0.25, 0.3) is 0 Å². The molecule has 4 aromatic rings. The molecule has 1 saturated heterocycles. The van der Waals surface area contributed by atoms with Gasteiger partial charge in [0.05, 0.1) is 29.3 Å². The maximum absolute atomic E-state index is 15.0. The van der Waals surface area contributed by atoms with Gasteiger partial charge in [-0.15, -0.1) is 0 Å². The molecule has 1 aromatic carbocycles. The second-order valence-electron chi connectivity index (χ2n) is 8.96. The van der Waals surface area contributed by atoms with Gasteiger partial charge in [0.15, 0.2) is 0 Å². The van der Waals surface area contributed by atoms with Crippen LogP contribution in [0.3, 0.4) is 0 Å². The number of halogens is 2. The van der Waals surface area contributed by atoms with Gasteiger partial charge >= 0.3 is 0 Å². The molecule has 0 spiro atoms. The average molecular weight is 478 g/mol. The highest BCUT2D eigenvalue weighted by Gasteiger charge is 2.27. The molecule has 35 heavy (non-hydrogen) atoms. The first-order chi connectivity index (χ1) is 16.8. The third kappa shape index (κ3) is 4.37. The molecular weight excluding hydrogens is 452 g/mol. The molecule has 1 amide bonds. The Balaban J connectivity index is 1.42. The second kappa shape index (κ2) is 9.10. The molecule has 3 aromatic heterocycles. The van der Waals surface area contributed by atoms with Gasteiger partial charge in [-0.25, -0.2) is 24.3 Å². The summed E-state index contributed by atoms with van der Waals surface area (Å²) < 4.78 is 31.5. The van der Waals surface area contributed by atoms with Crippen molar-refractivity contribution in [1.82, 2.24) is 24.5 Å². The average Bonchev–Trinajstić information content (AvgIpc) is 3.27. The zero-order chi connectivity index (χ0) is 24.7. The maximum atomic E-state index is 15.0. The molecule has 1 atom stereocenters. The number of hydrogen-bond acceptors (Lipinski definition) is 6. The highest BCUT2D eigenvalue weighted by atomic mass is 19.1. The van der Waals surface area contributed by atoms with Crippen LogP contribution in [0.1, 0.15) is 44.1 Å². The Labute approximate surface area is 200 Å². The highest BCUT2D eigenvalue weighted by Crippen LogP contribution is 2.26. The first-order valence-electron chi connectivity index (χ1n) is 11.5. The number of benzene rings is 1. The van der Waals surface area contributed by atoms with Crippen LogP contribution in [0.25, 0.3) is 22.4 Å². The molecule has 0 bridgehead atoms. The van der Waals surface area contributed by atoms with Crippen molar-refractivity contribution in [3.63, 3.8) is 0 Å². The van der Waals surface area contributed by atoms with Crippen LogP contribution in [-0.4, -0.2) is 43.0 Å².